The molecule has 0 saturated heterocycles. The van der Waals surface area contributed by atoms with Gasteiger partial charge >= 0.3 is 0 Å². The molecule has 7 heteroatoms. The summed E-state index contributed by atoms with van der Waals surface area (Å²) in [4.78, 5) is 12.1. The quantitative estimate of drug-likeness (QED) is 0.849. The van der Waals surface area contributed by atoms with Crippen LogP contribution >= 0.6 is 0 Å². The zero-order chi connectivity index (χ0) is 15.6. The lowest BCUT2D eigenvalue weighted by Crippen LogP contribution is -2.13. The molecule has 0 spiro atoms. The Bertz CT molecular complexity index is 786. The van der Waals surface area contributed by atoms with Crippen molar-refractivity contribution in [2.24, 2.45) is 0 Å². The molecule has 0 bridgehead atoms. The standard InChI is InChI=1S/C14H13FN2O3S/c1-21(19,20)11-5-2-9(3-6-11)14(18)17-13-8-10(16)4-7-12(13)15/h2-8H,16H2,1H3,(H,17,18). The van der Waals surface area contributed by atoms with Gasteiger partial charge in [-0.1, -0.05) is 0 Å². The van der Waals surface area contributed by atoms with Gasteiger partial charge < -0.3 is 11.1 Å². The Kier molecular flexibility index (Phi) is 3.95. The first kappa shape index (κ1) is 15.0. The summed E-state index contributed by atoms with van der Waals surface area (Å²) in [5, 5.41) is 2.38. The fourth-order valence-corrected chi connectivity index (χ4v) is 2.32. The fourth-order valence-electron chi connectivity index (χ4n) is 1.69. The van der Waals surface area contributed by atoms with Gasteiger partial charge in [0.25, 0.3) is 5.91 Å². The van der Waals surface area contributed by atoms with Crippen molar-refractivity contribution in [2.75, 3.05) is 17.3 Å². The third-order valence-electron chi connectivity index (χ3n) is 2.78. The highest BCUT2D eigenvalue weighted by Crippen LogP contribution is 2.19. The van der Waals surface area contributed by atoms with E-state index >= 15 is 0 Å². The topological polar surface area (TPSA) is 89.3 Å². The number of hydrogen-bond donors (Lipinski definition) is 2. The number of nitrogen functional groups attached to an aromatic ring is 1. The molecule has 0 atom stereocenters. The van der Waals surface area contributed by atoms with Crippen LogP contribution in [0.2, 0.25) is 0 Å². The second kappa shape index (κ2) is 5.53. The van der Waals surface area contributed by atoms with Crippen LogP contribution in [0.15, 0.2) is 47.4 Å². The van der Waals surface area contributed by atoms with Crippen LogP contribution in [-0.2, 0) is 9.84 Å². The van der Waals surface area contributed by atoms with Crippen molar-refractivity contribution in [3.8, 4) is 0 Å². The molecular weight excluding hydrogens is 295 g/mol. The van der Waals surface area contributed by atoms with E-state index in [0.29, 0.717) is 5.69 Å². The lowest BCUT2D eigenvalue weighted by Gasteiger charge is -2.07. The summed E-state index contributed by atoms with van der Waals surface area (Å²) in [7, 11) is -3.32. The van der Waals surface area contributed by atoms with Crippen molar-refractivity contribution in [1.29, 1.82) is 0 Å². The number of hydrogen-bond acceptors (Lipinski definition) is 4. The van der Waals surface area contributed by atoms with Crippen LogP contribution in [-0.4, -0.2) is 20.6 Å². The molecule has 2 aromatic carbocycles. The molecule has 21 heavy (non-hydrogen) atoms. The normalized spacial score (nSPS) is 11.1. The molecule has 2 aromatic rings. The Balaban J connectivity index is 2.23. The van der Waals surface area contributed by atoms with Gasteiger partial charge in [-0.2, -0.15) is 0 Å². The van der Waals surface area contributed by atoms with Crippen molar-refractivity contribution in [3.05, 3.63) is 53.8 Å². The van der Waals surface area contributed by atoms with Gasteiger partial charge in [0, 0.05) is 17.5 Å². The van der Waals surface area contributed by atoms with Gasteiger partial charge in [-0.3, -0.25) is 4.79 Å². The minimum absolute atomic E-state index is 0.0350. The third kappa shape index (κ3) is 3.57. The Labute approximate surface area is 121 Å². The predicted octanol–water partition coefficient (Wildman–Crippen LogP) is 2.06. The molecule has 5 nitrogen and oxygen atoms in total. The van der Waals surface area contributed by atoms with E-state index in [0.717, 1.165) is 12.3 Å². The minimum atomic E-state index is -3.32. The number of amides is 1. The number of carbonyl (C=O) groups excluding carboxylic acids is 1. The molecule has 0 unspecified atom stereocenters. The SMILES string of the molecule is CS(=O)(=O)c1ccc(C(=O)Nc2cc(N)ccc2F)cc1. The summed E-state index contributed by atoms with van der Waals surface area (Å²) in [6.07, 6.45) is 1.07. The van der Waals surface area contributed by atoms with E-state index in [1.54, 1.807) is 0 Å². The number of rotatable bonds is 3. The van der Waals surface area contributed by atoms with Gasteiger partial charge in [-0.15, -0.1) is 0 Å². The number of carbonyl (C=O) groups is 1. The van der Waals surface area contributed by atoms with E-state index in [1.807, 2.05) is 0 Å². The van der Waals surface area contributed by atoms with Crippen molar-refractivity contribution in [3.63, 3.8) is 0 Å². The first-order chi connectivity index (χ1) is 9.77. The Hall–Kier alpha value is -2.41. The molecule has 0 saturated carbocycles. The van der Waals surface area contributed by atoms with Gasteiger partial charge in [-0.05, 0) is 42.5 Å². The highest BCUT2D eigenvalue weighted by molar-refractivity contribution is 7.90. The monoisotopic (exact) mass is 308 g/mol. The lowest BCUT2D eigenvalue weighted by molar-refractivity contribution is 0.102. The molecule has 0 fully saturated rings. The van der Waals surface area contributed by atoms with Crippen LogP contribution in [0.1, 0.15) is 10.4 Å². The molecule has 0 aliphatic carbocycles. The maximum Gasteiger partial charge on any atom is 0.255 e. The summed E-state index contributed by atoms with van der Waals surface area (Å²) in [6.45, 7) is 0. The maximum absolute atomic E-state index is 13.5. The van der Waals surface area contributed by atoms with E-state index < -0.39 is 21.6 Å². The highest BCUT2D eigenvalue weighted by Gasteiger charge is 2.12. The molecule has 0 aromatic heterocycles. The Morgan fingerprint density at radius 2 is 1.76 bits per heavy atom. The molecule has 0 aliphatic heterocycles. The summed E-state index contributed by atoms with van der Waals surface area (Å²) < 4.78 is 36.2. The molecule has 3 N–H and O–H groups in total. The van der Waals surface area contributed by atoms with Gasteiger partial charge in [0.2, 0.25) is 0 Å². The van der Waals surface area contributed by atoms with E-state index in [1.165, 1.54) is 36.4 Å². The van der Waals surface area contributed by atoms with Crippen LogP contribution in [0.4, 0.5) is 15.8 Å². The first-order valence-electron chi connectivity index (χ1n) is 5.94. The zero-order valence-electron chi connectivity index (χ0n) is 11.1. The molecule has 0 heterocycles. The average Bonchev–Trinajstić information content (AvgIpc) is 2.42. The maximum atomic E-state index is 13.5. The fraction of sp³-hybridized carbons (Fsp3) is 0.0714. The Morgan fingerprint density at radius 3 is 2.33 bits per heavy atom. The number of nitrogens with two attached hydrogens (primary N) is 1. The van der Waals surface area contributed by atoms with Crippen molar-refractivity contribution >= 4 is 27.1 Å². The number of benzene rings is 2. The smallest absolute Gasteiger partial charge is 0.255 e. The van der Waals surface area contributed by atoms with Crippen molar-refractivity contribution in [2.45, 2.75) is 4.90 Å². The van der Waals surface area contributed by atoms with Gasteiger partial charge in [0.05, 0.1) is 10.6 Å². The summed E-state index contributed by atoms with van der Waals surface area (Å²) in [5.74, 6) is -1.16. The molecule has 1 amide bonds. The number of halogens is 1. The van der Waals surface area contributed by atoms with Crippen LogP contribution in [0.3, 0.4) is 0 Å². The average molecular weight is 308 g/mol. The van der Waals surface area contributed by atoms with Crippen molar-refractivity contribution < 1.29 is 17.6 Å². The second-order valence-electron chi connectivity index (χ2n) is 4.49. The molecule has 2 rings (SSSR count). The molecule has 0 radical (unpaired) electrons. The predicted molar refractivity (Wildman–Crippen MR) is 78.3 cm³/mol. The number of anilines is 2. The molecule has 110 valence electrons. The minimum Gasteiger partial charge on any atom is -0.399 e. The van der Waals surface area contributed by atoms with E-state index in [4.69, 9.17) is 5.73 Å². The highest BCUT2D eigenvalue weighted by atomic mass is 32.2. The van der Waals surface area contributed by atoms with Crippen LogP contribution in [0, 0.1) is 5.82 Å². The van der Waals surface area contributed by atoms with Crippen LogP contribution in [0.5, 0.6) is 0 Å². The summed E-state index contributed by atoms with van der Waals surface area (Å²) in [6, 6.07) is 9.19. The molecule has 0 aliphatic rings. The number of sulfone groups is 1. The summed E-state index contributed by atoms with van der Waals surface area (Å²) >= 11 is 0. The van der Waals surface area contributed by atoms with Crippen LogP contribution < -0.4 is 11.1 Å². The zero-order valence-corrected chi connectivity index (χ0v) is 11.9. The van der Waals surface area contributed by atoms with E-state index in [9.17, 15) is 17.6 Å². The first-order valence-corrected chi connectivity index (χ1v) is 7.83. The lowest BCUT2D eigenvalue weighted by atomic mass is 10.2. The summed E-state index contributed by atoms with van der Waals surface area (Å²) in [5.41, 5.74) is 6.02. The Morgan fingerprint density at radius 1 is 1.14 bits per heavy atom. The number of nitrogens with one attached hydrogen (secondary N) is 1. The second-order valence-corrected chi connectivity index (χ2v) is 6.51. The van der Waals surface area contributed by atoms with E-state index in [-0.39, 0.29) is 16.1 Å². The van der Waals surface area contributed by atoms with Gasteiger partial charge in [-0.25, -0.2) is 12.8 Å². The van der Waals surface area contributed by atoms with Gasteiger partial charge in [0.1, 0.15) is 5.82 Å². The van der Waals surface area contributed by atoms with Crippen molar-refractivity contribution in [1.82, 2.24) is 0 Å². The molecular formula is C14H13FN2O3S. The third-order valence-corrected chi connectivity index (χ3v) is 3.91. The van der Waals surface area contributed by atoms with Crippen LogP contribution in [0.25, 0.3) is 0 Å². The largest absolute Gasteiger partial charge is 0.399 e. The van der Waals surface area contributed by atoms with Gasteiger partial charge in [0.15, 0.2) is 9.84 Å². The van der Waals surface area contributed by atoms with E-state index in [2.05, 4.69) is 5.32 Å².